The van der Waals surface area contributed by atoms with Crippen LogP contribution in [0.1, 0.15) is 19.8 Å². The Labute approximate surface area is 78.9 Å². The van der Waals surface area contributed by atoms with Gasteiger partial charge in [0, 0.05) is 12.6 Å². The second-order valence-electron chi connectivity index (χ2n) is 3.53. The second-order valence-corrected chi connectivity index (χ2v) is 3.53. The molecule has 0 radical (unpaired) electrons. The number of likely N-dealkylation sites (N-methyl/N-ethyl adjacent to an activating group) is 1. The first kappa shape index (κ1) is 10.5. The summed E-state index contributed by atoms with van der Waals surface area (Å²) in [5.74, 6) is -0.725. The van der Waals surface area contributed by atoms with Crippen molar-refractivity contribution in [2.75, 3.05) is 26.2 Å². The molecule has 0 spiro atoms. The molecule has 1 rings (SSSR count). The average Bonchev–Trinajstić information content (AvgIpc) is 2.04. The molecule has 0 aliphatic carbocycles. The van der Waals surface area contributed by atoms with Crippen LogP contribution >= 0.6 is 0 Å². The van der Waals surface area contributed by atoms with E-state index < -0.39 is 5.97 Å². The third kappa shape index (κ3) is 3.74. The Bertz CT molecular complexity index is 171. The minimum Gasteiger partial charge on any atom is -0.480 e. The largest absolute Gasteiger partial charge is 0.480 e. The second kappa shape index (κ2) is 5.19. The molecule has 4 heteroatoms. The Balaban J connectivity index is 2.28. The average molecular weight is 186 g/mol. The molecular weight excluding hydrogens is 168 g/mol. The first-order valence-electron chi connectivity index (χ1n) is 4.90. The van der Waals surface area contributed by atoms with Crippen LogP contribution in [0.3, 0.4) is 0 Å². The number of aliphatic carboxylic acids is 1. The predicted molar refractivity (Wildman–Crippen MR) is 50.8 cm³/mol. The molecule has 0 aromatic carbocycles. The molecule has 1 aliphatic heterocycles. The molecule has 0 amide bonds. The van der Waals surface area contributed by atoms with Gasteiger partial charge in [0.15, 0.2) is 0 Å². The zero-order chi connectivity index (χ0) is 9.68. The number of carboxylic acids is 1. The van der Waals surface area contributed by atoms with Gasteiger partial charge >= 0.3 is 5.97 Å². The van der Waals surface area contributed by atoms with Crippen LogP contribution in [0.2, 0.25) is 0 Å². The number of rotatable bonds is 4. The van der Waals surface area contributed by atoms with Gasteiger partial charge in [-0.1, -0.05) is 6.92 Å². The van der Waals surface area contributed by atoms with Crippen LogP contribution in [0.4, 0.5) is 0 Å². The topological polar surface area (TPSA) is 52.6 Å². The Hall–Kier alpha value is -0.610. The number of carbonyl (C=O) groups is 1. The predicted octanol–water partition coefficient (Wildman–Crippen LogP) is 0.145. The maximum absolute atomic E-state index is 10.5. The highest BCUT2D eigenvalue weighted by Crippen LogP contribution is 2.09. The molecule has 0 bridgehead atoms. The number of likely N-dealkylation sites (tertiary alicyclic amines) is 1. The number of hydrogen-bond donors (Lipinski definition) is 2. The number of piperidine rings is 1. The molecule has 0 aromatic rings. The van der Waals surface area contributed by atoms with Gasteiger partial charge in [-0.15, -0.1) is 0 Å². The van der Waals surface area contributed by atoms with Gasteiger partial charge in [-0.25, -0.2) is 0 Å². The SMILES string of the molecule is CCNC1CCCN(CC(=O)O)C1. The Morgan fingerprint density at radius 1 is 1.69 bits per heavy atom. The minimum absolute atomic E-state index is 0.182. The van der Waals surface area contributed by atoms with Crippen LogP contribution in [0.15, 0.2) is 0 Å². The van der Waals surface area contributed by atoms with Crippen molar-refractivity contribution in [2.24, 2.45) is 0 Å². The van der Waals surface area contributed by atoms with Gasteiger partial charge in [0.2, 0.25) is 0 Å². The molecular formula is C9H18N2O2. The van der Waals surface area contributed by atoms with E-state index in [0.717, 1.165) is 26.1 Å². The lowest BCUT2D eigenvalue weighted by Crippen LogP contribution is -2.47. The third-order valence-electron chi connectivity index (χ3n) is 2.36. The highest BCUT2D eigenvalue weighted by molar-refractivity contribution is 5.69. The number of nitrogens with zero attached hydrogens (tertiary/aromatic N) is 1. The maximum atomic E-state index is 10.5. The first-order chi connectivity index (χ1) is 6.22. The molecule has 1 fully saturated rings. The molecule has 1 heterocycles. The van der Waals surface area contributed by atoms with E-state index >= 15 is 0 Å². The van der Waals surface area contributed by atoms with E-state index in [1.54, 1.807) is 0 Å². The lowest BCUT2D eigenvalue weighted by atomic mass is 10.1. The van der Waals surface area contributed by atoms with Crippen molar-refractivity contribution in [3.05, 3.63) is 0 Å². The van der Waals surface area contributed by atoms with Crippen LogP contribution in [0.5, 0.6) is 0 Å². The number of hydrogen-bond acceptors (Lipinski definition) is 3. The summed E-state index contributed by atoms with van der Waals surface area (Å²) in [5.41, 5.74) is 0. The van der Waals surface area contributed by atoms with Crippen molar-refractivity contribution in [3.63, 3.8) is 0 Å². The van der Waals surface area contributed by atoms with Crippen molar-refractivity contribution in [1.29, 1.82) is 0 Å². The summed E-state index contributed by atoms with van der Waals surface area (Å²) in [6.07, 6.45) is 2.27. The lowest BCUT2D eigenvalue weighted by molar-refractivity contribution is -0.138. The van der Waals surface area contributed by atoms with Gasteiger partial charge < -0.3 is 10.4 Å². The molecule has 76 valence electrons. The van der Waals surface area contributed by atoms with Crippen LogP contribution < -0.4 is 5.32 Å². The van der Waals surface area contributed by atoms with E-state index in [0.29, 0.717) is 6.04 Å². The third-order valence-corrected chi connectivity index (χ3v) is 2.36. The normalized spacial score (nSPS) is 24.5. The fourth-order valence-electron chi connectivity index (χ4n) is 1.85. The van der Waals surface area contributed by atoms with Crippen LogP contribution in [-0.4, -0.2) is 48.2 Å². The van der Waals surface area contributed by atoms with Gasteiger partial charge in [-0.3, -0.25) is 9.69 Å². The Morgan fingerprint density at radius 2 is 2.46 bits per heavy atom. The highest BCUT2D eigenvalue weighted by Gasteiger charge is 2.20. The Kier molecular flexibility index (Phi) is 4.18. The van der Waals surface area contributed by atoms with E-state index in [4.69, 9.17) is 5.11 Å². The van der Waals surface area contributed by atoms with Gasteiger partial charge in [0.05, 0.1) is 6.54 Å². The quantitative estimate of drug-likeness (QED) is 0.656. The van der Waals surface area contributed by atoms with Crippen LogP contribution in [0, 0.1) is 0 Å². The zero-order valence-electron chi connectivity index (χ0n) is 8.12. The summed E-state index contributed by atoms with van der Waals surface area (Å²) in [6, 6.07) is 0.484. The van der Waals surface area contributed by atoms with E-state index in [1.807, 2.05) is 4.90 Å². The standard InChI is InChI=1S/C9H18N2O2/c1-2-10-8-4-3-5-11(6-8)7-9(12)13/h8,10H,2-7H2,1H3,(H,12,13). The molecule has 13 heavy (non-hydrogen) atoms. The summed E-state index contributed by atoms with van der Waals surface area (Å²) >= 11 is 0. The number of carboxylic acid groups (broad SMARTS) is 1. The van der Waals surface area contributed by atoms with E-state index in [1.165, 1.54) is 6.42 Å². The lowest BCUT2D eigenvalue weighted by Gasteiger charge is -2.31. The molecule has 1 saturated heterocycles. The van der Waals surface area contributed by atoms with Crippen molar-refractivity contribution in [2.45, 2.75) is 25.8 Å². The minimum atomic E-state index is -0.725. The van der Waals surface area contributed by atoms with Gasteiger partial charge in [-0.2, -0.15) is 0 Å². The molecule has 1 atom stereocenters. The fourth-order valence-corrected chi connectivity index (χ4v) is 1.85. The molecule has 4 nitrogen and oxygen atoms in total. The molecule has 0 aromatic heterocycles. The summed E-state index contributed by atoms with van der Waals surface area (Å²) in [4.78, 5) is 12.5. The fraction of sp³-hybridized carbons (Fsp3) is 0.889. The first-order valence-corrected chi connectivity index (χ1v) is 4.90. The highest BCUT2D eigenvalue weighted by atomic mass is 16.4. The van der Waals surface area contributed by atoms with Gasteiger partial charge in [0.1, 0.15) is 0 Å². The molecule has 1 unspecified atom stereocenters. The van der Waals surface area contributed by atoms with Crippen LogP contribution in [-0.2, 0) is 4.79 Å². The summed E-state index contributed by atoms with van der Waals surface area (Å²) in [6.45, 7) is 5.03. The maximum Gasteiger partial charge on any atom is 0.317 e. The van der Waals surface area contributed by atoms with Crippen molar-refractivity contribution < 1.29 is 9.90 Å². The summed E-state index contributed by atoms with van der Waals surface area (Å²) < 4.78 is 0. The van der Waals surface area contributed by atoms with Crippen LogP contribution in [0.25, 0.3) is 0 Å². The Morgan fingerprint density at radius 3 is 3.08 bits per heavy atom. The molecule has 0 saturated carbocycles. The van der Waals surface area contributed by atoms with Crippen molar-refractivity contribution in [3.8, 4) is 0 Å². The van der Waals surface area contributed by atoms with E-state index in [2.05, 4.69) is 12.2 Å². The van der Waals surface area contributed by atoms with Gasteiger partial charge in [0.25, 0.3) is 0 Å². The van der Waals surface area contributed by atoms with Crippen molar-refractivity contribution >= 4 is 5.97 Å². The summed E-state index contributed by atoms with van der Waals surface area (Å²) in [7, 11) is 0. The molecule has 2 N–H and O–H groups in total. The van der Waals surface area contributed by atoms with Gasteiger partial charge in [-0.05, 0) is 25.9 Å². The summed E-state index contributed by atoms with van der Waals surface area (Å²) in [5, 5.41) is 12.0. The number of nitrogens with one attached hydrogen (secondary N) is 1. The van der Waals surface area contributed by atoms with E-state index in [9.17, 15) is 4.79 Å². The van der Waals surface area contributed by atoms with E-state index in [-0.39, 0.29) is 6.54 Å². The monoisotopic (exact) mass is 186 g/mol. The zero-order valence-corrected chi connectivity index (χ0v) is 8.12. The molecule has 1 aliphatic rings. The van der Waals surface area contributed by atoms with Crippen molar-refractivity contribution in [1.82, 2.24) is 10.2 Å². The smallest absolute Gasteiger partial charge is 0.317 e.